The molecule has 140 valence electrons. The van der Waals surface area contributed by atoms with Gasteiger partial charge in [0, 0.05) is 21.8 Å². The summed E-state index contributed by atoms with van der Waals surface area (Å²) in [5.41, 5.74) is 3.20. The van der Waals surface area contributed by atoms with Crippen molar-refractivity contribution in [1.82, 2.24) is 0 Å². The van der Waals surface area contributed by atoms with E-state index in [0.29, 0.717) is 21.5 Å². The number of fused-ring (bicyclic) bond motifs is 1. The van der Waals surface area contributed by atoms with Crippen molar-refractivity contribution in [3.63, 3.8) is 0 Å². The summed E-state index contributed by atoms with van der Waals surface area (Å²) in [4.78, 5) is 17.4. The van der Waals surface area contributed by atoms with Crippen LogP contribution in [0.2, 0.25) is 5.02 Å². The average molecular weight is 403 g/mol. The number of rotatable bonds is 4. The number of thiocarbonyl (C=S) groups is 1. The molecule has 1 aliphatic rings. The van der Waals surface area contributed by atoms with Crippen LogP contribution < -0.4 is 10.1 Å². The lowest BCUT2D eigenvalue weighted by Gasteiger charge is -2.19. The Bertz CT molecular complexity index is 912. The first-order valence-corrected chi connectivity index (χ1v) is 9.14. The maximum atomic E-state index is 12.1. The predicted octanol–water partition coefficient (Wildman–Crippen LogP) is 4.12. The normalized spacial score (nSPS) is 17.1. The molecule has 1 aliphatic heterocycles. The molecular weight excluding hydrogens is 384 g/mol. The van der Waals surface area contributed by atoms with Crippen molar-refractivity contribution in [2.24, 2.45) is 10.9 Å². The van der Waals surface area contributed by atoms with Crippen LogP contribution in [0, 0.1) is 5.92 Å². The zero-order valence-electron chi connectivity index (χ0n) is 15.2. The Morgan fingerprint density at radius 2 is 1.93 bits per heavy atom. The molecule has 2 atom stereocenters. The molecule has 1 heterocycles. The summed E-state index contributed by atoms with van der Waals surface area (Å²) < 4.78 is 10.3. The molecule has 0 amide bonds. The Kier molecular flexibility index (Phi) is 5.77. The third-order valence-corrected chi connectivity index (χ3v) is 5.04. The number of nitrogens with zero attached hydrogens (tertiary/aromatic N) is 1. The topological polar surface area (TPSA) is 59.9 Å². The van der Waals surface area contributed by atoms with Crippen molar-refractivity contribution < 1.29 is 14.3 Å². The van der Waals surface area contributed by atoms with Crippen LogP contribution in [0.4, 0.5) is 5.69 Å². The van der Waals surface area contributed by atoms with E-state index in [4.69, 9.17) is 38.3 Å². The zero-order valence-corrected chi connectivity index (χ0v) is 16.7. The van der Waals surface area contributed by atoms with E-state index >= 15 is 0 Å². The van der Waals surface area contributed by atoms with Crippen LogP contribution in [0.5, 0.6) is 5.75 Å². The van der Waals surface area contributed by atoms with E-state index in [-0.39, 0.29) is 5.97 Å². The van der Waals surface area contributed by atoms with Gasteiger partial charge >= 0.3 is 5.97 Å². The van der Waals surface area contributed by atoms with Gasteiger partial charge in [0.05, 0.1) is 25.8 Å². The Labute approximate surface area is 168 Å². The fraction of sp³-hybridized carbons (Fsp3) is 0.250. The monoisotopic (exact) mass is 402 g/mol. The molecule has 0 fully saturated rings. The highest BCUT2D eigenvalue weighted by molar-refractivity contribution is 7.80. The van der Waals surface area contributed by atoms with E-state index in [2.05, 4.69) is 5.32 Å². The number of methoxy groups -OCH3 is 2. The number of nitrogens with one attached hydrogen (secondary N) is 1. The van der Waals surface area contributed by atoms with Crippen LogP contribution in [-0.2, 0) is 9.53 Å². The number of aliphatic imine (C=N–C) groups is 1. The minimum atomic E-state index is -0.559. The maximum absolute atomic E-state index is 12.1. The molecule has 5 nitrogen and oxygen atoms in total. The van der Waals surface area contributed by atoms with Crippen LogP contribution in [0.1, 0.15) is 18.1 Å². The number of hydrogen-bond donors (Lipinski definition) is 1. The molecule has 2 aromatic rings. The van der Waals surface area contributed by atoms with E-state index in [9.17, 15) is 4.79 Å². The largest absolute Gasteiger partial charge is 0.497 e. The van der Waals surface area contributed by atoms with Crippen molar-refractivity contribution in [3.05, 3.63) is 58.6 Å². The Hall–Kier alpha value is -2.44. The maximum Gasteiger partial charge on any atom is 0.311 e. The summed E-state index contributed by atoms with van der Waals surface area (Å²) >= 11 is 11.6. The van der Waals surface area contributed by atoms with Crippen molar-refractivity contribution in [2.75, 3.05) is 19.5 Å². The van der Waals surface area contributed by atoms with Gasteiger partial charge in [0.1, 0.15) is 16.8 Å². The molecule has 0 spiro atoms. The van der Waals surface area contributed by atoms with Gasteiger partial charge in [-0.25, -0.2) is 0 Å². The van der Waals surface area contributed by atoms with Gasteiger partial charge in [-0.05, 0) is 37.3 Å². The number of hydrogen-bond acceptors (Lipinski definition) is 5. The van der Waals surface area contributed by atoms with Gasteiger partial charge in [-0.15, -0.1) is 0 Å². The van der Waals surface area contributed by atoms with Crippen LogP contribution >= 0.6 is 23.8 Å². The van der Waals surface area contributed by atoms with Crippen LogP contribution in [-0.4, -0.2) is 36.9 Å². The number of anilines is 1. The quantitative estimate of drug-likeness (QED) is 0.615. The molecule has 0 saturated heterocycles. The summed E-state index contributed by atoms with van der Waals surface area (Å²) in [5.74, 6) is -0.206. The summed E-state index contributed by atoms with van der Waals surface area (Å²) in [6, 6.07) is 12.4. The highest BCUT2D eigenvalue weighted by Gasteiger charge is 2.32. The number of halogens is 1. The SMILES string of the molecule is COC(=O)[C@H](C)[C@@H]1N=C(c2ccc(Cl)cc2)c2cc(OC)ccc2NC1=S. The van der Waals surface area contributed by atoms with E-state index in [1.165, 1.54) is 7.11 Å². The smallest absolute Gasteiger partial charge is 0.311 e. The van der Waals surface area contributed by atoms with Crippen molar-refractivity contribution in [1.29, 1.82) is 0 Å². The van der Waals surface area contributed by atoms with Gasteiger partial charge in [-0.2, -0.15) is 0 Å². The zero-order chi connectivity index (χ0) is 19.6. The summed E-state index contributed by atoms with van der Waals surface area (Å²) in [5, 5.41) is 3.85. The number of esters is 1. The Balaban J connectivity index is 2.19. The second-order valence-electron chi connectivity index (χ2n) is 6.14. The van der Waals surface area contributed by atoms with Crippen molar-refractivity contribution >= 4 is 46.2 Å². The molecule has 0 bridgehead atoms. The number of benzene rings is 2. The lowest BCUT2D eigenvalue weighted by molar-refractivity contribution is -0.144. The number of carbonyl (C=O) groups is 1. The van der Waals surface area contributed by atoms with Gasteiger partial charge in [0.15, 0.2) is 0 Å². The fourth-order valence-corrected chi connectivity index (χ4v) is 3.41. The summed E-state index contributed by atoms with van der Waals surface area (Å²) in [6.45, 7) is 1.75. The molecule has 0 radical (unpaired) electrons. The first-order chi connectivity index (χ1) is 12.9. The third-order valence-electron chi connectivity index (χ3n) is 4.44. The highest BCUT2D eigenvalue weighted by atomic mass is 35.5. The second-order valence-corrected chi connectivity index (χ2v) is 7.02. The van der Waals surface area contributed by atoms with Crippen LogP contribution in [0.15, 0.2) is 47.5 Å². The molecular formula is C20H19ClN2O3S. The lowest BCUT2D eigenvalue weighted by atomic mass is 9.99. The standard InChI is InChI=1S/C20H19ClN2O3S/c1-11(20(24)26-3)17-19(27)22-16-9-8-14(25-2)10-15(16)18(23-17)12-4-6-13(21)7-5-12/h4-11,17H,1-3H3,(H,22,27)/t11-,17+/m1/s1. The second kappa shape index (κ2) is 8.06. The third kappa shape index (κ3) is 3.96. The van der Waals surface area contributed by atoms with Crippen molar-refractivity contribution in [3.8, 4) is 5.75 Å². The van der Waals surface area contributed by atoms with Crippen LogP contribution in [0.25, 0.3) is 0 Å². The minimum Gasteiger partial charge on any atom is -0.497 e. The van der Waals surface area contributed by atoms with E-state index in [1.807, 2.05) is 30.3 Å². The van der Waals surface area contributed by atoms with Gasteiger partial charge in [0.25, 0.3) is 0 Å². The van der Waals surface area contributed by atoms with Gasteiger partial charge in [-0.1, -0.05) is 36.0 Å². The fourth-order valence-electron chi connectivity index (χ4n) is 2.92. The number of benzodiazepines with no additional fused rings is 1. The number of carbonyl (C=O) groups excluding carboxylic acids is 1. The molecule has 0 aromatic heterocycles. The lowest BCUT2D eigenvalue weighted by Crippen LogP contribution is -2.35. The van der Waals surface area contributed by atoms with Gasteiger partial charge in [-0.3, -0.25) is 9.79 Å². The van der Waals surface area contributed by atoms with Crippen molar-refractivity contribution in [2.45, 2.75) is 13.0 Å². The first kappa shape index (κ1) is 19.3. The Morgan fingerprint density at radius 1 is 1.22 bits per heavy atom. The molecule has 1 N–H and O–H groups in total. The first-order valence-electron chi connectivity index (χ1n) is 8.35. The molecule has 0 unspecified atom stereocenters. The molecule has 3 rings (SSSR count). The van der Waals surface area contributed by atoms with E-state index in [0.717, 1.165) is 16.8 Å². The summed E-state index contributed by atoms with van der Waals surface area (Å²) in [7, 11) is 2.97. The van der Waals surface area contributed by atoms with Crippen LogP contribution in [0.3, 0.4) is 0 Å². The van der Waals surface area contributed by atoms with E-state index in [1.54, 1.807) is 26.2 Å². The predicted molar refractivity (Wildman–Crippen MR) is 111 cm³/mol. The number of ether oxygens (including phenoxy) is 2. The molecule has 0 saturated carbocycles. The minimum absolute atomic E-state index is 0.369. The molecule has 2 aromatic carbocycles. The van der Waals surface area contributed by atoms with Gasteiger partial charge < -0.3 is 14.8 Å². The average Bonchev–Trinajstić information content (AvgIpc) is 2.83. The molecule has 0 aliphatic carbocycles. The summed E-state index contributed by atoms with van der Waals surface area (Å²) in [6.07, 6.45) is 0. The highest BCUT2D eigenvalue weighted by Crippen LogP contribution is 2.30. The van der Waals surface area contributed by atoms with E-state index < -0.39 is 12.0 Å². The Morgan fingerprint density at radius 3 is 2.56 bits per heavy atom. The molecule has 27 heavy (non-hydrogen) atoms. The van der Waals surface area contributed by atoms with Gasteiger partial charge in [0.2, 0.25) is 0 Å². The molecule has 7 heteroatoms.